The Kier molecular flexibility index (Phi) is 5.38. The molecule has 8 nitrogen and oxygen atoms in total. The first kappa shape index (κ1) is 19.5. The maximum absolute atomic E-state index is 12.8. The molecule has 3 aromatic rings. The third-order valence-electron chi connectivity index (χ3n) is 5.00. The van der Waals surface area contributed by atoms with Crippen molar-refractivity contribution in [3.63, 3.8) is 0 Å². The second-order valence-corrected chi connectivity index (χ2v) is 6.94. The summed E-state index contributed by atoms with van der Waals surface area (Å²) in [6, 6.07) is 12.8. The van der Waals surface area contributed by atoms with Crippen molar-refractivity contribution in [3.8, 4) is 5.75 Å². The molecule has 2 aromatic carbocycles. The van der Waals surface area contributed by atoms with Crippen molar-refractivity contribution in [2.75, 3.05) is 7.11 Å². The van der Waals surface area contributed by atoms with E-state index < -0.39 is 5.97 Å². The lowest BCUT2D eigenvalue weighted by molar-refractivity contribution is -0.141. The number of carboxylic acids is 1. The van der Waals surface area contributed by atoms with E-state index in [0.29, 0.717) is 12.2 Å². The molecule has 1 atom stereocenters. The molecule has 0 unspecified atom stereocenters. The number of carboxylic acid groups (broad SMARTS) is 1. The molecule has 0 bridgehead atoms. The Hall–Kier alpha value is -3.81. The minimum Gasteiger partial charge on any atom is -0.497 e. The molecule has 0 fully saturated rings. The monoisotopic (exact) mass is 404 g/mol. The Morgan fingerprint density at radius 2 is 1.90 bits per heavy atom. The Bertz CT molecular complexity index is 1140. The van der Waals surface area contributed by atoms with Gasteiger partial charge in [-0.15, -0.1) is 0 Å². The zero-order valence-corrected chi connectivity index (χ0v) is 16.4. The summed E-state index contributed by atoms with van der Waals surface area (Å²) in [6.07, 6.45) is 3.39. The maximum Gasteiger partial charge on any atom is 0.303 e. The molecule has 2 heterocycles. The molecule has 8 heteroatoms. The van der Waals surface area contributed by atoms with E-state index in [9.17, 15) is 9.59 Å². The summed E-state index contributed by atoms with van der Waals surface area (Å²) in [5.74, 6) is -0.653. The Morgan fingerprint density at radius 3 is 2.67 bits per heavy atom. The van der Waals surface area contributed by atoms with E-state index in [1.165, 1.54) is 5.01 Å². The fourth-order valence-corrected chi connectivity index (χ4v) is 3.49. The maximum atomic E-state index is 12.8. The van der Waals surface area contributed by atoms with Gasteiger partial charge in [-0.05, 0) is 29.8 Å². The average molecular weight is 404 g/mol. The number of methoxy groups -OCH3 is 1. The molecule has 1 aromatic heterocycles. The first-order valence-corrected chi connectivity index (χ1v) is 9.51. The predicted molar refractivity (Wildman–Crippen MR) is 110 cm³/mol. The third kappa shape index (κ3) is 3.98. The normalized spacial score (nSPS) is 15.8. The average Bonchev–Trinajstić information content (AvgIpc) is 3.23. The van der Waals surface area contributed by atoms with Crippen LogP contribution in [0.3, 0.4) is 0 Å². The van der Waals surface area contributed by atoms with Crippen LogP contribution in [0, 0.1) is 0 Å². The number of rotatable bonds is 6. The van der Waals surface area contributed by atoms with Crippen LogP contribution in [0.1, 0.15) is 36.4 Å². The Morgan fingerprint density at radius 1 is 1.10 bits per heavy atom. The van der Waals surface area contributed by atoms with Crippen LogP contribution < -0.4 is 4.74 Å². The molecule has 0 aliphatic carbocycles. The van der Waals surface area contributed by atoms with Gasteiger partial charge in [-0.1, -0.05) is 18.2 Å². The quantitative estimate of drug-likeness (QED) is 0.677. The summed E-state index contributed by atoms with van der Waals surface area (Å²) in [5.41, 5.74) is 3.95. The molecule has 30 heavy (non-hydrogen) atoms. The van der Waals surface area contributed by atoms with Gasteiger partial charge in [0.25, 0.3) is 0 Å². The first-order chi connectivity index (χ1) is 14.5. The Balaban J connectivity index is 1.69. The zero-order chi connectivity index (χ0) is 21.1. The highest BCUT2D eigenvalue weighted by Crippen LogP contribution is 2.34. The van der Waals surface area contributed by atoms with E-state index in [1.54, 1.807) is 19.5 Å². The SMILES string of the molecule is COc1cccc(C2=NN(C(=O)CCC(=O)O)[C@@H](c3ccc4nccnc4c3)C2)c1. The van der Waals surface area contributed by atoms with E-state index in [-0.39, 0.29) is 24.8 Å². The van der Waals surface area contributed by atoms with Crippen LogP contribution in [0.15, 0.2) is 60.0 Å². The van der Waals surface area contributed by atoms with Crippen LogP contribution >= 0.6 is 0 Å². The largest absolute Gasteiger partial charge is 0.497 e. The third-order valence-corrected chi connectivity index (χ3v) is 5.00. The zero-order valence-electron chi connectivity index (χ0n) is 16.4. The number of benzene rings is 2. The van der Waals surface area contributed by atoms with Crippen molar-refractivity contribution in [2.24, 2.45) is 5.10 Å². The number of hydrazone groups is 1. The second kappa shape index (κ2) is 8.28. The van der Waals surface area contributed by atoms with Crippen molar-refractivity contribution in [2.45, 2.75) is 25.3 Å². The number of fused-ring (bicyclic) bond motifs is 1. The molecular weight excluding hydrogens is 384 g/mol. The van der Waals surface area contributed by atoms with Crippen LogP contribution in [-0.4, -0.2) is 44.8 Å². The van der Waals surface area contributed by atoms with Gasteiger partial charge in [0.05, 0.1) is 36.3 Å². The van der Waals surface area contributed by atoms with Gasteiger partial charge in [-0.25, -0.2) is 5.01 Å². The molecule has 0 saturated heterocycles. The van der Waals surface area contributed by atoms with E-state index in [1.807, 2.05) is 42.5 Å². The molecule has 152 valence electrons. The highest BCUT2D eigenvalue weighted by atomic mass is 16.5. The number of nitrogens with zero attached hydrogens (tertiary/aromatic N) is 4. The summed E-state index contributed by atoms with van der Waals surface area (Å²) >= 11 is 0. The summed E-state index contributed by atoms with van der Waals surface area (Å²) in [7, 11) is 1.59. The van der Waals surface area contributed by atoms with E-state index in [0.717, 1.165) is 27.9 Å². The highest BCUT2D eigenvalue weighted by molar-refractivity contribution is 6.03. The van der Waals surface area contributed by atoms with Crippen molar-refractivity contribution in [3.05, 3.63) is 66.0 Å². The van der Waals surface area contributed by atoms with Crippen molar-refractivity contribution in [1.29, 1.82) is 0 Å². The topological polar surface area (TPSA) is 105 Å². The number of carbonyl (C=O) groups excluding carboxylic acids is 1. The number of carbonyl (C=O) groups is 2. The van der Waals surface area contributed by atoms with E-state index >= 15 is 0 Å². The number of hydrogen-bond donors (Lipinski definition) is 1. The van der Waals surface area contributed by atoms with Crippen LogP contribution in [0.25, 0.3) is 11.0 Å². The van der Waals surface area contributed by atoms with Crippen molar-refractivity contribution in [1.82, 2.24) is 15.0 Å². The van der Waals surface area contributed by atoms with Crippen molar-refractivity contribution < 1.29 is 19.4 Å². The second-order valence-electron chi connectivity index (χ2n) is 6.94. The van der Waals surface area contributed by atoms with Gasteiger partial charge >= 0.3 is 5.97 Å². The smallest absolute Gasteiger partial charge is 0.303 e. The lowest BCUT2D eigenvalue weighted by Crippen LogP contribution is -2.27. The van der Waals surface area contributed by atoms with Gasteiger partial charge in [0.1, 0.15) is 5.75 Å². The molecule has 1 aliphatic rings. The van der Waals surface area contributed by atoms with Gasteiger partial charge in [0, 0.05) is 30.8 Å². The minimum atomic E-state index is -1.02. The van der Waals surface area contributed by atoms with Crippen LogP contribution in [0.5, 0.6) is 5.75 Å². The molecule has 1 aliphatic heterocycles. The number of aliphatic carboxylic acids is 1. The van der Waals surface area contributed by atoms with Gasteiger partial charge < -0.3 is 9.84 Å². The van der Waals surface area contributed by atoms with Gasteiger partial charge in [0.2, 0.25) is 5.91 Å². The predicted octanol–water partition coefficient (Wildman–Crippen LogP) is 3.18. The summed E-state index contributed by atoms with van der Waals surface area (Å²) < 4.78 is 5.30. The molecule has 1 N–H and O–H groups in total. The number of hydrogen-bond acceptors (Lipinski definition) is 6. The van der Waals surface area contributed by atoms with Crippen molar-refractivity contribution >= 4 is 28.6 Å². The number of ether oxygens (including phenoxy) is 1. The molecule has 0 spiro atoms. The number of aromatic nitrogens is 2. The summed E-state index contributed by atoms with van der Waals surface area (Å²) in [5, 5.41) is 14.9. The minimum absolute atomic E-state index is 0.117. The van der Waals surface area contributed by atoms with Gasteiger partial charge in [0.15, 0.2) is 0 Å². The first-order valence-electron chi connectivity index (χ1n) is 9.51. The van der Waals surface area contributed by atoms with Gasteiger partial charge in [-0.3, -0.25) is 19.6 Å². The lowest BCUT2D eigenvalue weighted by atomic mass is 9.97. The van der Waals surface area contributed by atoms with Crippen LogP contribution in [-0.2, 0) is 9.59 Å². The molecule has 0 radical (unpaired) electrons. The van der Waals surface area contributed by atoms with E-state index in [2.05, 4.69) is 15.1 Å². The summed E-state index contributed by atoms with van der Waals surface area (Å²) in [4.78, 5) is 32.4. The van der Waals surface area contributed by atoms with Crippen LogP contribution in [0.4, 0.5) is 0 Å². The van der Waals surface area contributed by atoms with Gasteiger partial charge in [-0.2, -0.15) is 5.10 Å². The lowest BCUT2D eigenvalue weighted by Gasteiger charge is -2.22. The Labute approximate surface area is 172 Å². The summed E-state index contributed by atoms with van der Waals surface area (Å²) in [6.45, 7) is 0. The van der Waals surface area contributed by atoms with E-state index in [4.69, 9.17) is 9.84 Å². The molecule has 4 rings (SSSR count). The standard InChI is InChI=1S/C22H20N4O4/c1-30-16-4-2-3-14(11-16)18-13-20(26(25-18)21(27)7-8-22(28)29)15-5-6-17-19(12-15)24-10-9-23-17/h2-6,9-12,20H,7-8,13H2,1H3,(H,28,29)/t20-/m1/s1. The molecular formula is C22H20N4O4. The fourth-order valence-electron chi connectivity index (χ4n) is 3.49. The highest BCUT2D eigenvalue weighted by Gasteiger charge is 2.33. The molecule has 0 saturated carbocycles. The van der Waals surface area contributed by atoms with Crippen LogP contribution in [0.2, 0.25) is 0 Å². The fraction of sp³-hybridized carbons (Fsp3) is 0.227. The number of amides is 1. The molecule has 1 amide bonds.